The molecule has 8 heteroatoms. The first kappa shape index (κ1) is 20.5. The van der Waals surface area contributed by atoms with E-state index >= 15 is 0 Å². The number of nitrogens with two attached hydrogens (primary N) is 1. The van der Waals surface area contributed by atoms with E-state index in [4.69, 9.17) is 5.73 Å². The van der Waals surface area contributed by atoms with E-state index in [0.29, 0.717) is 36.4 Å². The molecule has 5 N–H and O–H groups in total. The summed E-state index contributed by atoms with van der Waals surface area (Å²) >= 11 is 0. The molecule has 0 aromatic heterocycles. The topological polar surface area (TPSA) is 129 Å². The highest BCUT2D eigenvalue weighted by atomic mass is 16.3. The van der Waals surface area contributed by atoms with Gasteiger partial charge in [-0.3, -0.25) is 4.79 Å². The van der Waals surface area contributed by atoms with Crippen LogP contribution in [0.1, 0.15) is 22.8 Å². The Morgan fingerprint density at radius 1 is 1.11 bits per heavy atom. The summed E-state index contributed by atoms with van der Waals surface area (Å²) in [6.45, 7) is 2.38. The number of azo groups is 1. The summed E-state index contributed by atoms with van der Waals surface area (Å²) in [4.78, 5) is 22.6. The van der Waals surface area contributed by atoms with Crippen LogP contribution in [0.3, 0.4) is 0 Å². The zero-order valence-corrected chi connectivity index (χ0v) is 15.4. The van der Waals surface area contributed by atoms with Gasteiger partial charge in [0.05, 0.1) is 12.2 Å². The number of urea groups is 1. The Labute approximate surface area is 162 Å². The van der Waals surface area contributed by atoms with E-state index in [1.165, 1.54) is 0 Å². The average molecular weight is 379 g/mol. The van der Waals surface area contributed by atoms with Crippen LogP contribution in [0.25, 0.3) is 0 Å². The Morgan fingerprint density at radius 2 is 1.86 bits per heavy atom. The van der Waals surface area contributed by atoms with Gasteiger partial charge in [0, 0.05) is 12.1 Å². The number of rotatable bonds is 7. The van der Waals surface area contributed by atoms with Gasteiger partial charge in [-0.2, -0.15) is 5.11 Å². The predicted octanol–water partition coefficient (Wildman–Crippen LogP) is 2.77. The zero-order chi connectivity index (χ0) is 20.4. The Morgan fingerprint density at radius 3 is 2.50 bits per heavy atom. The molecule has 2 aromatic rings. The minimum absolute atomic E-state index is 0.0200. The summed E-state index contributed by atoms with van der Waals surface area (Å²) in [6.07, 6.45) is 0.529. The fraction of sp³-hybridized carbons (Fsp3) is 0.200. The van der Waals surface area contributed by atoms with E-state index in [2.05, 4.69) is 32.7 Å². The number of amides is 3. The van der Waals surface area contributed by atoms with Crippen LogP contribution in [-0.4, -0.2) is 30.1 Å². The van der Waals surface area contributed by atoms with Crippen molar-refractivity contribution in [2.24, 2.45) is 16.0 Å². The number of carbonyl (C=O) groups excluding carboxylic acids is 2. The summed E-state index contributed by atoms with van der Waals surface area (Å²) in [5.41, 5.74) is 7.18. The zero-order valence-electron chi connectivity index (χ0n) is 15.4. The molecule has 0 saturated carbocycles. The van der Waals surface area contributed by atoms with Gasteiger partial charge >= 0.3 is 6.03 Å². The lowest BCUT2D eigenvalue weighted by atomic mass is 10.1. The van der Waals surface area contributed by atoms with Crippen LogP contribution in [0.2, 0.25) is 0 Å². The van der Waals surface area contributed by atoms with Crippen LogP contribution < -0.4 is 16.4 Å². The number of nitrogens with zero attached hydrogens (tertiary/aromatic N) is 2. The van der Waals surface area contributed by atoms with Crippen LogP contribution in [0.5, 0.6) is 5.75 Å². The van der Waals surface area contributed by atoms with Crippen LogP contribution in [0.15, 0.2) is 52.7 Å². The second-order valence-corrected chi connectivity index (χ2v) is 5.72. The van der Waals surface area contributed by atoms with Gasteiger partial charge in [0.15, 0.2) is 0 Å². The number of hydrogen-bond donors (Lipinski definition) is 4. The van der Waals surface area contributed by atoms with Crippen LogP contribution >= 0.6 is 0 Å². The van der Waals surface area contributed by atoms with Crippen molar-refractivity contribution in [3.63, 3.8) is 0 Å². The number of nitrogens with one attached hydrogen (secondary N) is 2. The molecule has 2 rings (SSSR count). The monoisotopic (exact) mass is 379 g/mol. The van der Waals surface area contributed by atoms with Crippen LogP contribution in [0, 0.1) is 11.8 Å². The van der Waals surface area contributed by atoms with E-state index in [-0.39, 0.29) is 11.7 Å². The SMILES string of the molecule is CC#CCNC(=O)c1ccc(N=Nc2ccc(CCNC(N)=O)cc2O)cc1. The molecule has 2 aromatic carbocycles. The summed E-state index contributed by atoms with van der Waals surface area (Å²) in [5, 5.41) is 23.3. The van der Waals surface area contributed by atoms with E-state index in [1.54, 1.807) is 49.4 Å². The average Bonchev–Trinajstić information content (AvgIpc) is 2.67. The number of benzene rings is 2. The Bertz CT molecular complexity index is 927. The van der Waals surface area contributed by atoms with E-state index in [1.807, 2.05) is 0 Å². The molecule has 0 aliphatic carbocycles. The lowest BCUT2D eigenvalue weighted by molar-refractivity contribution is 0.0958. The van der Waals surface area contributed by atoms with Gasteiger partial charge in [-0.15, -0.1) is 11.0 Å². The molecule has 28 heavy (non-hydrogen) atoms. The first-order valence-electron chi connectivity index (χ1n) is 8.54. The van der Waals surface area contributed by atoms with Gasteiger partial charge in [0.2, 0.25) is 0 Å². The van der Waals surface area contributed by atoms with Crippen molar-refractivity contribution in [2.45, 2.75) is 13.3 Å². The molecule has 8 nitrogen and oxygen atoms in total. The van der Waals surface area contributed by atoms with Crippen LogP contribution in [-0.2, 0) is 6.42 Å². The highest BCUT2D eigenvalue weighted by Crippen LogP contribution is 2.29. The number of carbonyl (C=O) groups is 2. The third-order valence-electron chi connectivity index (χ3n) is 3.67. The normalized spacial score (nSPS) is 10.2. The lowest BCUT2D eigenvalue weighted by Crippen LogP contribution is -2.30. The highest BCUT2D eigenvalue weighted by molar-refractivity contribution is 5.94. The maximum atomic E-state index is 11.9. The van der Waals surface area contributed by atoms with Gasteiger partial charge in [-0.25, -0.2) is 4.79 Å². The first-order valence-corrected chi connectivity index (χ1v) is 8.54. The minimum Gasteiger partial charge on any atom is -0.506 e. The maximum Gasteiger partial charge on any atom is 0.312 e. The fourth-order valence-corrected chi connectivity index (χ4v) is 2.25. The van der Waals surface area contributed by atoms with Crippen LogP contribution in [0.4, 0.5) is 16.2 Å². The molecule has 3 amide bonds. The van der Waals surface area contributed by atoms with Gasteiger partial charge < -0.3 is 21.5 Å². The van der Waals surface area contributed by atoms with Crippen molar-refractivity contribution in [3.8, 4) is 17.6 Å². The number of aromatic hydroxyl groups is 1. The summed E-state index contributed by atoms with van der Waals surface area (Å²) < 4.78 is 0. The molecular formula is C20H21N5O3. The first-order chi connectivity index (χ1) is 13.5. The Hall–Kier alpha value is -3.86. The molecule has 0 radical (unpaired) electrons. The number of phenolic OH excluding ortho intramolecular Hbond substituents is 1. The second-order valence-electron chi connectivity index (χ2n) is 5.72. The van der Waals surface area contributed by atoms with Gasteiger partial charge in [0.1, 0.15) is 11.4 Å². The minimum atomic E-state index is -0.590. The van der Waals surface area contributed by atoms with Crippen molar-refractivity contribution < 1.29 is 14.7 Å². The lowest BCUT2D eigenvalue weighted by Gasteiger charge is -2.04. The molecule has 0 aliphatic rings. The molecular weight excluding hydrogens is 358 g/mol. The van der Waals surface area contributed by atoms with Crippen molar-refractivity contribution >= 4 is 23.3 Å². The van der Waals surface area contributed by atoms with Gasteiger partial charge in [-0.1, -0.05) is 12.0 Å². The quantitative estimate of drug-likeness (QED) is 0.436. The molecule has 0 atom stereocenters. The smallest absolute Gasteiger partial charge is 0.312 e. The van der Waals surface area contributed by atoms with E-state index in [9.17, 15) is 14.7 Å². The Balaban J connectivity index is 1.98. The van der Waals surface area contributed by atoms with Crippen molar-refractivity contribution in [3.05, 3.63) is 53.6 Å². The third-order valence-corrected chi connectivity index (χ3v) is 3.67. The molecule has 0 heterocycles. The summed E-state index contributed by atoms with van der Waals surface area (Å²) in [6, 6.07) is 11.0. The Kier molecular flexibility index (Phi) is 7.54. The third kappa shape index (κ3) is 6.46. The van der Waals surface area contributed by atoms with Gasteiger partial charge in [-0.05, 0) is 55.3 Å². The number of primary amides is 1. The molecule has 0 fully saturated rings. The molecule has 0 spiro atoms. The van der Waals surface area contributed by atoms with Crippen molar-refractivity contribution in [2.75, 3.05) is 13.1 Å². The summed E-state index contributed by atoms with van der Waals surface area (Å²) in [7, 11) is 0. The molecule has 0 bridgehead atoms. The summed E-state index contributed by atoms with van der Waals surface area (Å²) in [5.74, 6) is 5.23. The largest absolute Gasteiger partial charge is 0.506 e. The highest BCUT2D eigenvalue weighted by Gasteiger charge is 2.05. The molecule has 144 valence electrons. The molecule has 0 unspecified atom stereocenters. The van der Waals surface area contributed by atoms with E-state index in [0.717, 1.165) is 5.56 Å². The number of phenols is 1. The number of hydrogen-bond acceptors (Lipinski definition) is 5. The predicted molar refractivity (Wildman–Crippen MR) is 106 cm³/mol. The molecule has 0 aliphatic heterocycles. The molecule has 0 saturated heterocycles. The van der Waals surface area contributed by atoms with E-state index < -0.39 is 6.03 Å². The van der Waals surface area contributed by atoms with Crippen molar-refractivity contribution in [1.29, 1.82) is 0 Å². The van der Waals surface area contributed by atoms with Gasteiger partial charge in [0.25, 0.3) is 5.91 Å². The maximum absolute atomic E-state index is 11.9. The fourth-order valence-electron chi connectivity index (χ4n) is 2.25. The second kappa shape index (κ2) is 10.3. The standard InChI is InChI=1S/C20H21N5O3/c1-2-3-11-22-19(27)15-5-7-16(8-6-15)24-25-17-9-4-14(13-18(17)26)10-12-23-20(21)28/h4-9,13,26H,10-12H2,1H3,(H,22,27)(H3,21,23,28). The van der Waals surface area contributed by atoms with Crippen molar-refractivity contribution in [1.82, 2.24) is 10.6 Å².